The van der Waals surface area contributed by atoms with Crippen LogP contribution in [0.4, 0.5) is 5.69 Å². The second-order valence-electron chi connectivity index (χ2n) is 6.20. The third kappa shape index (κ3) is 3.13. The van der Waals surface area contributed by atoms with Crippen LogP contribution in [0.2, 0.25) is 0 Å². The molecule has 1 aliphatic heterocycles. The predicted octanol–water partition coefficient (Wildman–Crippen LogP) is 1.37. The van der Waals surface area contributed by atoms with Crippen molar-refractivity contribution in [1.82, 2.24) is 9.78 Å². The van der Waals surface area contributed by atoms with E-state index in [2.05, 4.69) is 25.9 Å². The van der Waals surface area contributed by atoms with Crippen molar-refractivity contribution in [3.63, 3.8) is 0 Å². The van der Waals surface area contributed by atoms with Gasteiger partial charge in [0.1, 0.15) is 0 Å². The maximum absolute atomic E-state index is 11.8. The van der Waals surface area contributed by atoms with E-state index < -0.39 is 11.9 Å². The molecule has 19 heavy (non-hydrogen) atoms. The van der Waals surface area contributed by atoms with E-state index in [0.717, 1.165) is 6.54 Å². The molecule has 0 aromatic carbocycles. The Bertz CT molecular complexity index is 501. The number of hydrogen-bond acceptors (Lipinski definition) is 3. The molecule has 104 valence electrons. The molecule has 1 atom stereocenters. The van der Waals surface area contributed by atoms with Gasteiger partial charge < -0.3 is 10.0 Å². The molecule has 0 bridgehead atoms. The maximum atomic E-state index is 11.8. The van der Waals surface area contributed by atoms with Crippen LogP contribution in [0.5, 0.6) is 0 Å². The topological polar surface area (TPSA) is 75.4 Å². The van der Waals surface area contributed by atoms with Crippen molar-refractivity contribution in [3.8, 4) is 0 Å². The number of nitrogens with zero attached hydrogens (tertiary/aromatic N) is 3. The Balaban J connectivity index is 2.11. The number of rotatable bonds is 3. The van der Waals surface area contributed by atoms with Gasteiger partial charge in [-0.15, -0.1) is 0 Å². The number of amides is 1. The molecule has 1 N–H and O–H groups in total. The highest BCUT2D eigenvalue weighted by Crippen LogP contribution is 2.25. The van der Waals surface area contributed by atoms with Crippen LogP contribution in [0.25, 0.3) is 0 Å². The van der Waals surface area contributed by atoms with E-state index in [4.69, 9.17) is 5.11 Å². The predicted molar refractivity (Wildman–Crippen MR) is 69.8 cm³/mol. The summed E-state index contributed by atoms with van der Waals surface area (Å²) in [7, 11) is 0. The third-order valence-corrected chi connectivity index (χ3v) is 3.04. The van der Waals surface area contributed by atoms with Crippen LogP contribution in [0.1, 0.15) is 27.2 Å². The molecule has 1 aromatic rings. The minimum Gasteiger partial charge on any atom is -0.481 e. The number of hydrogen-bond donors (Lipinski definition) is 1. The minimum absolute atomic E-state index is 0.0692. The van der Waals surface area contributed by atoms with Crippen LogP contribution in [0, 0.1) is 11.3 Å². The Morgan fingerprint density at radius 3 is 2.74 bits per heavy atom. The van der Waals surface area contributed by atoms with Gasteiger partial charge in [-0.3, -0.25) is 14.3 Å². The highest BCUT2D eigenvalue weighted by Gasteiger charge is 2.35. The SMILES string of the molecule is CC(C)(C)Cn1cc(N2C[C@@H](C(=O)O)CC2=O)cn1. The molecule has 0 saturated carbocycles. The molecule has 1 amide bonds. The molecule has 0 radical (unpaired) electrons. The largest absolute Gasteiger partial charge is 0.481 e. The zero-order chi connectivity index (χ0) is 14.2. The van der Waals surface area contributed by atoms with Gasteiger partial charge in [0.2, 0.25) is 5.91 Å². The van der Waals surface area contributed by atoms with Gasteiger partial charge in [-0.2, -0.15) is 5.10 Å². The molecule has 6 heteroatoms. The van der Waals surface area contributed by atoms with Gasteiger partial charge in [0.25, 0.3) is 0 Å². The summed E-state index contributed by atoms with van der Waals surface area (Å²) in [6.45, 7) is 7.30. The molecule has 1 fully saturated rings. The molecular weight excluding hydrogens is 246 g/mol. The average Bonchev–Trinajstić information content (AvgIpc) is 2.82. The maximum Gasteiger partial charge on any atom is 0.308 e. The lowest BCUT2D eigenvalue weighted by molar-refractivity contribution is -0.141. The zero-order valence-electron chi connectivity index (χ0n) is 11.5. The van der Waals surface area contributed by atoms with Crippen molar-refractivity contribution in [2.45, 2.75) is 33.7 Å². The molecular formula is C13H19N3O3. The van der Waals surface area contributed by atoms with Crippen molar-refractivity contribution in [2.75, 3.05) is 11.4 Å². The zero-order valence-corrected chi connectivity index (χ0v) is 11.5. The van der Waals surface area contributed by atoms with E-state index in [1.165, 1.54) is 4.90 Å². The lowest BCUT2D eigenvalue weighted by atomic mass is 9.97. The minimum atomic E-state index is -0.919. The average molecular weight is 265 g/mol. The van der Waals surface area contributed by atoms with Crippen LogP contribution in [-0.4, -0.2) is 33.3 Å². The Labute approximate surface area is 112 Å². The monoisotopic (exact) mass is 265 g/mol. The molecule has 1 aliphatic rings. The number of anilines is 1. The fraction of sp³-hybridized carbons (Fsp3) is 0.615. The molecule has 6 nitrogen and oxygen atoms in total. The number of aromatic nitrogens is 2. The standard InChI is InChI=1S/C13H19N3O3/c1-13(2,3)8-15-7-10(5-14-15)16-6-9(12(18)19)4-11(16)17/h5,7,9H,4,6,8H2,1-3H3,(H,18,19)/t9-/m0/s1. The summed E-state index contributed by atoms with van der Waals surface area (Å²) in [5.41, 5.74) is 0.778. The van der Waals surface area contributed by atoms with Crippen molar-refractivity contribution >= 4 is 17.6 Å². The first-order valence-electron chi connectivity index (χ1n) is 6.32. The van der Waals surface area contributed by atoms with Gasteiger partial charge in [0.05, 0.1) is 17.8 Å². The van der Waals surface area contributed by atoms with Crippen molar-refractivity contribution in [1.29, 1.82) is 0 Å². The summed E-state index contributed by atoms with van der Waals surface area (Å²) >= 11 is 0. The van der Waals surface area contributed by atoms with Crippen LogP contribution in [-0.2, 0) is 16.1 Å². The Kier molecular flexibility index (Phi) is 3.34. The van der Waals surface area contributed by atoms with Crippen LogP contribution >= 0.6 is 0 Å². The number of carbonyl (C=O) groups excluding carboxylic acids is 1. The lowest BCUT2D eigenvalue weighted by Crippen LogP contribution is -2.25. The quantitative estimate of drug-likeness (QED) is 0.895. The molecule has 0 aliphatic carbocycles. The summed E-state index contributed by atoms with van der Waals surface area (Å²) in [5.74, 6) is -1.68. The van der Waals surface area contributed by atoms with Gasteiger partial charge in [-0.05, 0) is 5.41 Å². The van der Waals surface area contributed by atoms with E-state index in [-0.39, 0.29) is 24.3 Å². The second kappa shape index (κ2) is 4.68. The molecule has 0 unspecified atom stereocenters. The lowest BCUT2D eigenvalue weighted by Gasteiger charge is -2.18. The number of carbonyl (C=O) groups is 2. The summed E-state index contributed by atoms with van der Waals surface area (Å²) < 4.78 is 1.79. The number of aliphatic carboxylic acids is 1. The smallest absolute Gasteiger partial charge is 0.308 e. The van der Waals surface area contributed by atoms with Crippen LogP contribution < -0.4 is 4.90 Å². The third-order valence-electron chi connectivity index (χ3n) is 3.04. The first-order valence-corrected chi connectivity index (χ1v) is 6.32. The van der Waals surface area contributed by atoms with Gasteiger partial charge in [0.15, 0.2) is 0 Å². The van der Waals surface area contributed by atoms with Gasteiger partial charge in [0, 0.05) is 25.7 Å². The molecule has 2 heterocycles. The highest BCUT2D eigenvalue weighted by atomic mass is 16.4. The van der Waals surface area contributed by atoms with Gasteiger partial charge in [-0.25, -0.2) is 0 Å². The summed E-state index contributed by atoms with van der Waals surface area (Å²) in [6.07, 6.45) is 3.49. The summed E-state index contributed by atoms with van der Waals surface area (Å²) in [5, 5.41) is 13.2. The first-order chi connectivity index (χ1) is 8.76. The van der Waals surface area contributed by atoms with Gasteiger partial charge >= 0.3 is 5.97 Å². The van der Waals surface area contributed by atoms with E-state index in [1.54, 1.807) is 17.1 Å². The number of carboxylic acids is 1. The second-order valence-corrected chi connectivity index (χ2v) is 6.20. The van der Waals surface area contributed by atoms with Crippen LogP contribution in [0.15, 0.2) is 12.4 Å². The van der Waals surface area contributed by atoms with Crippen LogP contribution in [0.3, 0.4) is 0 Å². The Hall–Kier alpha value is -1.85. The van der Waals surface area contributed by atoms with E-state index in [1.807, 2.05) is 0 Å². The van der Waals surface area contributed by atoms with Crippen molar-refractivity contribution in [2.24, 2.45) is 11.3 Å². The van der Waals surface area contributed by atoms with Crippen molar-refractivity contribution < 1.29 is 14.7 Å². The van der Waals surface area contributed by atoms with Crippen molar-refractivity contribution in [3.05, 3.63) is 12.4 Å². The van der Waals surface area contributed by atoms with E-state index in [9.17, 15) is 9.59 Å². The summed E-state index contributed by atoms with van der Waals surface area (Å²) in [4.78, 5) is 24.2. The number of carboxylic acid groups (broad SMARTS) is 1. The molecule has 1 aromatic heterocycles. The van der Waals surface area contributed by atoms with E-state index in [0.29, 0.717) is 5.69 Å². The first kappa shape index (κ1) is 13.6. The Morgan fingerprint density at radius 2 is 2.21 bits per heavy atom. The molecule has 2 rings (SSSR count). The normalized spacial score (nSPS) is 20.1. The van der Waals surface area contributed by atoms with Gasteiger partial charge in [-0.1, -0.05) is 20.8 Å². The Morgan fingerprint density at radius 1 is 1.53 bits per heavy atom. The summed E-state index contributed by atoms with van der Waals surface area (Å²) in [6, 6.07) is 0. The van der Waals surface area contributed by atoms with E-state index >= 15 is 0 Å². The fourth-order valence-electron chi connectivity index (χ4n) is 2.19. The fourth-order valence-corrected chi connectivity index (χ4v) is 2.19. The molecule has 0 spiro atoms. The molecule has 1 saturated heterocycles. The highest BCUT2D eigenvalue weighted by molar-refractivity contribution is 5.98.